The molecule has 2 aromatic rings. The highest BCUT2D eigenvalue weighted by Gasteiger charge is 2.25. The van der Waals surface area contributed by atoms with E-state index in [0.29, 0.717) is 5.65 Å². The standard InChI is InChI=1S/C12H14N4O/c1-7-10-5-9(6-13-11(10)16-15-7)14-12(17)8-3-2-4-8/h5-6,8H,2-4H2,1H3,(H,14,17)(H,13,15,16). The van der Waals surface area contributed by atoms with E-state index in [1.54, 1.807) is 6.20 Å². The predicted molar refractivity (Wildman–Crippen MR) is 64.6 cm³/mol. The molecule has 5 heteroatoms. The predicted octanol–water partition coefficient (Wildman–Crippen LogP) is 2.00. The van der Waals surface area contributed by atoms with E-state index < -0.39 is 0 Å². The number of rotatable bonds is 2. The number of hydrogen-bond donors (Lipinski definition) is 2. The minimum atomic E-state index is 0.110. The number of anilines is 1. The molecule has 1 fully saturated rings. The number of amides is 1. The number of aromatic nitrogens is 3. The van der Waals surface area contributed by atoms with Gasteiger partial charge in [0.2, 0.25) is 5.91 Å². The molecule has 2 aromatic heterocycles. The number of carbonyl (C=O) groups excluding carboxylic acids is 1. The van der Waals surface area contributed by atoms with Gasteiger partial charge in [0.25, 0.3) is 0 Å². The van der Waals surface area contributed by atoms with Crippen LogP contribution in [0.2, 0.25) is 0 Å². The lowest BCUT2D eigenvalue weighted by atomic mass is 9.85. The summed E-state index contributed by atoms with van der Waals surface area (Å²) in [6.07, 6.45) is 4.83. The molecule has 1 aliphatic carbocycles. The fraction of sp³-hybridized carbons (Fsp3) is 0.417. The van der Waals surface area contributed by atoms with Crippen molar-refractivity contribution >= 4 is 22.6 Å². The van der Waals surface area contributed by atoms with Crippen molar-refractivity contribution in [1.82, 2.24) is 15.2 Å². The Labute approximate surface area is 98.6 Å². The van der Waals surface area contributed by atoms with Gasteiger partial charge in [0.15, 0.2) is 5.65 Å². The molecule has 17 heavy (non-hydrogen) atoms. The van der Waals surface area contributed by atoms with Crippen LogP contribution in [0.25, 0.3) is 11.0 Å². The number of aryl methyl sites for hydroxylation is 1. The Bertz CT molecular complexity index is 571. The summed E-state index contributed by atoms with van der Waals surface area (Å²) in [4.78, 5) is 16.0. The summed E-state index contributed by atoms with van der Waals surface area (Å²) < 4.78 is 0. The van der Waals surface area contributed by atoms with Gasteiger partial charge < -0.3 is 5.32 Å². The van der Waals surface area contributed by atoms with Crippen LogP contribution in [-0.2, 0) is 4.79 Å². The van der Waals surface area contributed by atoms with Gasteiger partial charge in [-0.15, -0.1) is 0 Å². The Morgan fingerprint density at radius 3 is 3.06 bits per heavy atom. The lowest BCUT2D eigenvalue weighted by Crippen LogP contribution is -2.28. The van der Waals surface area contributed by atoms with Crippen molar-refractivity contribution in [2.45, 2.75) is 26.2 Å². The zero-order valence-electron chi connectivity index (χ0n) is 9.66. The van der Waals surface area contributed by atoms with Crippen LogP contribution in [0.1, 0.15) is 25.0 Å². The molecule has 0 saturated heterocycles. The number of fused-ring (bicyclic) bond motifs is 1. The first-order valence-corrected chi connectivity index (χ1v) is 5.85. The maximum Gasteiger partial charge on any atom is 0.227 e. The molecule has 2 N–H and O–H groups in total. The normalized spacial score (nSPS) is 15.8. The van der Waals surface area contributed by atoms with Crippen LogP contribution in [0.3, 0.4) is 0 Å². The molecule has 5 nitrogen and oxygen atoms in total. The van der Waals surface area contributed by atoms with Gasteiger partial charge in [0.05, 0.1) is 11.9 Å². The fourth-order valence-electron chi connectivity index (χ4n) is 2.00. The van der Waals surface area contributed by atoms with E-state index >= 15 is 0 Å². The van der Waals surface area contributed by atoms with Gasteiger partial charge in [0, 0.05) is 17.0 Å². The number of nitrogens with one attached hydrogen (secondary N) is 2. The first-order valence-electron chi connectivity index (χ1n) is 5.85. The largest absolute Gasteiger partial charge is 0.324 e. The Hall–Kier alpha value is -1.91. The number of carbonyl (C=O) groups is 1. The molecule has 88 valence electrons. The lowest BCUT2D eigenvalue weighted by Gasteiger charge is -2.23. The minimum Gasteiger partial charge on any atom is -0.324 e. The SMILES string of the molecule is Cc1[nH]nc2ncc(NC(=O)C3CCC3)cc12. The second-order valence-corrected chi connectivity index (χ2v) is 4.56. The summed E-state index contributed by atoms with van der Waals surface area (Å²) in [7, 11) is 0. The molecule has 2 heterocycles. The molecule has 1 saturated carbocycles. The number of hydrogen-bond acceptors (Lipinski definition) is 3. The Balaban J connectivity index is 1.84. The summed E-state index contributed by atoms with van der Waals surface area (Å²) in [5.41, 5.74) is 2.40. The third-order valence-electron chi connectivity index (χ3n) is 3.34. The quantitative estimate of drug-likeness (QED) is 0.829. The van der Waals surface area contributed by atoms with Crippen molar-refractivity contribution < 1.29 is 4.79 Å². The number of H-pyrrole nitrogens is 1. The molecular weight excluding hydrogens is 216 g/mol. The molecule has 0 bridgehead atoms. The molecule has 0 aromatic carbocycles. The third kappa shape index (κ3) is 1.77. The van der Waals surface area contributed by atoms with E-state index in [4.69, 9.17) is 0 Å². The fourth-order valence-corrected chi connectivity index (χ4v) is 2.00. The van der Waals surface area contributed by atoms with Crippen molar-refractivity contribution in [2.75, 3.05) is 5.32 Å². The van der Waals surface area contributed by atoms with Gasteiger partial charge in [0.1, 0.15) is 0 Å². The highest BCUT2D eigenvalue weighted by atomic mass is 16.1. The van der Waals surface area contributed by atoms with Crippen molar-refractivity contribution in [3.05, 3.63) is 18.0 Å². The van der Waals surface area contributed by atoms with Crippen molar-refractivity contribution in [1.29, 1.82) is 0 Å². The van der Waals surface area contributed by atoms with E-state index in [1.165, 1.54) is 0 Å². The Kier molecular flexibility index (Phi) is 2.31. The Morgan fingerprint density at radius 2 is 2.35 bits per heavy atom. The molecule has 1 aliphatic rings. The van der Waals surface area contributed by atoms with Crippen molar-refractivity contribution in [3.8, 4) is 0 Å². The summed E-state index contributed by atoms with van der Waals surface area (Å²) >= 11 is 0. The molecule has 0 spiro atoms. The molecule has 0 atom stereocenters. The van der Waals surface area contributed by atoms with Gasteiger partial charge in [-0.05, 0) is 25.8 Å². The summed E-state index contributed by atoms with van der Waals surface area (Å²) in [6.45, 7) is 1.94. The maximum absolute atomic E-state index is 11.8. The highest BCUT2D eigenvalue weighted by molar-refractivity contribution is 5.94. The highest BCUT2D eigenvalue weighted by Crippen LogP contribution is 2.28. The van der Waals surface area contributed by atoms with Crippen molar-refractivity contribution in [2.24, 2.45) is 5.92 Å². The minimum absolute atomic E-state index is 0.110. The Morgan fingerprint density at radius 1 is 1.53 bits per heavy atom. The number of pyridine rings is 1. The topological polar surface area (TPSA) is 70.7 Å². The molecule has 0 aliphatic heterocycles. The number of nitrogens with zero attached hydrogens (tertiary/aromatic N) is 2. The molecule has 3 rings (SSSR count). The molecular formula is C12H14N4O. The van der Waals surface area contributed by atoms with Gasteiger partial charge in [-0.3, -0.25) is 9.89 Å². The van der Waals surface area contributed by atoms with Crippen LogP contribution in [0.15, 0.2) is 12.3 Å². The van der Waals surface area contributed by atoms with Gasteiger partial charge >= 0.3 is 0 Å². The maximum atomic E-state index is 11.8. The molecule has 1 amide bonds. The average Bonchev–Trinajstić information content (AvgIpc) is 2.58. The van der Waals surface area contributed by atoms with Crippen LogP contribution in [-0.4, -0.2) is 21.1 Å². The second-order valence-electron chi connectivity index (χ2n) is 4.56. The first-order chi connectivity index (χ1) is 8.24. The van der Waals surface area contributed by atoms with E-state index in [2.05, 4.69) is 20.5 Å². The summed E-state index contributed by atoms with van der Waals surface area (Å²) in [5, 5.41) is 10.8. The van der Waals surface area contributed by atoms with E-state index in [-0.39, 0.29) is 11.8 Å². The third-order valence-corrected chi connectivity index (χ3v) is 3.34. The summed E-state index contributed by atoms with van der Waals surface area (Å²) in [6, 6.07) is 1.91. The molecule has 0 radical (unpaired) electrons. The van der Waals surface area contributed by atoms with Gasteiger partial charge in [-0.25, -0.2) is 4.98 Å². The van der Waals surface area contributed by atoms with Crippen LogP contribution in [0.4, 0.5) is 5.69 Å². The van der Waals surface area contributed by atoms with Crippen molar-refractivity contribution in [3.63, 3.8) is 0 Å². The number of aromatic amines is 1. The first kappa shape index (κ1) is 10.3. The second kappa shape index (κ2) is 3.84. The van der Waals surface area contributed by atoms with E-state index in [9.17, 15) is 4.79 Å². The van der Waals surface area contributed by atoms with E-state index in [1.807, 2.05) is 13.0 Å². The van der Waals surface area contributed by atoms with Crippen LogP contribution in [0.5, 0.6) is 0 Å². The lowest BCUT2D eigenvalue weighted by molar-refractivity contribution is -0.122. The van der Waals surface area contributed by atoms with Crippen LogP contribution in [0, 0.1) is 12.8 Å². The average molecular weight is 230 g/mol. The van der Waals surface area contributed by atoms with Crippen LogP contribution >= 0.6 is 0 Å². The smallest absolute Gasteiger partial charge is 0.227 e. The van der Waals surface area contributed by atoms with Gasteiger partial charge in [-0.2, -0.15) is 5.10 Å². The molecule has 0 unspecified atom stereocenters. The monoisotopic (exact) mass is 230 g/mol. The van der Waals surface area contributed by atoms with E-state index in [0.717, 1.165) is 36.0 Å². The van der Waals surface area contributed by atoms with Gasteiger partial charge in [-0.1, -0.05) is 6.42 Å². The zero-order valence-corrected chi connectivity index (χ0v) is 9.66. The van der Waals surface area contributed by atoms with Crippen LogP contribution < -0.4 is 5.32 Å². The zero-order chi connectivity index (χ0) is 11.8. The summed E-state index contributed by atoms with van der Waals surface area (Å²) in [5.74, 6) is 0.301.